The summed E-state index contributed by atoms with van der Waals surface area (Å²) in [5.41, 5.74) is 8.18. The molecule has 0 spiro atoms. The summed E-state index contributed by atoms with van der Waals surface area (Å²) >= 11 is 0. The van der Waals surface area contributed by atoms with Gasteiger partial charge in [0.1, 0.15) is 24.4 Å². The number of carboxylic acids is 1. The van der Waals surface area contributed by atoms with Crippen molar-refractivity contribution in [1.82, 2.24) is 20.9 Å². The van der Waals surface area contributed by atoms with E-state index < -0.39 is 54.5 Å². The second-order valence-electron chi connectivity index (χ2n) is 8.94. The number of aliphatic hydroxyl groups excluding tert-OH is 1. The Morgan fingerprint density at radius 1 is 0.947 bits per heavy atom. The molecule has 12 nitrogen and oxygen atoms in total. The number of carbonyl (C=O) groups is 4. The number of rotatable bonds is 12. The minimum absolute atomic E-state index is 0.0159. The van der Waals surface area contributed by atoms with Gasteiger partial charge in [0.15, 0.2) is 0 Å². The third-order valence-corrected chi connectivity index (χ3v) is 5.94. The number of phenolic OH excluding ortho intramolecular Hbond substituents is 1. The molecule has 1 heterocycles. The number of H-pyrrole nitrogens is 1. The van der Waals surface area contributed by atoms with Crippen LogP contribution in [0, 0.1) is 0 Å². The number of aliphatic carboxylic acids is 1. The Morgan fingerprint density at radius 2 is 1.63 bits per heavy atom. The highest BCUT2D eigenvalue weighted by molar-refractivity contribution is 5.94. The maximum Gasteiger partial charge on any atom is 0.322 e. The van der Waals surface area contributed by atoms with Gasteiger partial charge < -0.3 is 42.0 Å². The number of hydrogen-bond acceptors (Lipinski definition) is 7. The van der Waals surface area contributed by atoms with Crippen molar-refractivity contribution >= 4 is 34.6 Å². The summed E-state index contributed by atoms with van der Waals surface area (Å²) in [4.78, 5) is 52.7. The second-order valence-corrected chi connectivity index (χ2v) is 8.94. The highest BCUT2D eigenvalue weighted by Crippen LogP contribution is 2.19. The number of hydrogen-bond donors (Lipinski definition) is 8. The number of benzene rings is 2. The number of nitrogens with one attached hydrogen (secondary N) is 4. The molecule has 3 amide bonds. The van der Waals surface area contributed by atoms with Crippen molar-refractivity contribution in [3.05, 3.63) is 65.9 Å². The quantitative estimate of drug-likeness (QED) is 0.155. The van der Waals surface area contributed by atoms with Gasteiger partial charge in [-0.25, -0.2) is 0 Å². The fourth-order valence-corrected chi connectivity index (χ4v) is 3.92. The van der Waals surface area contributed by atoms with Gasteiger partial charge >= 0.3 is 5.97 Å². The fraction of sp³-hybridized carbons (Fsp3) is 0.308. The van der Waals surface area contributed by atoms with Crippen molar-refractivity contribution in [2.45, 2.75) is 44.0 Å². The van der Waals surface area contributed by atoms with E-state index in [2.05, 4.69) is 20.9 Å². The minimum Gasteiger partial charge on any atom is -0.508 e. The molecule has 4 atom stereocenters. The summed E-state index contributed by atoms with van der Waals surface area (Å²) in [6.45, 7) is 0.650. The molecule has 3 rings (SSSR count). The smallest absolute Gasteiger partial charge is 0.322 e. The van der Waals surface area contributed by atoms with Crippen LogP contribution in [0.25, 0.3) is 10.9 Å². The molecular formula is C26H31N5O7. The predicted molar refractivity (Wildman–Crippen MR) is 138 cm³/mol. The number of amides is 3. The van der Waals surface area contributed by atoms with E-state index in [1.807, 2.05) is 24.3 Å². The minimum atomic E-state index is -1.44. The van der Waals surface area contributed by atoms with Crippen molar-refractivity contribution in [2.75, 3.05) is 6.54 Å². The Balaban J connectivity index is 1.73. The third-order valence-electron chi connectivity index (χ3n) is 5.94. The van der Waals surface area contributed by atoms with Crippen LogP contribution >= 0.6 is 0 Å². The normalized spacial score (nSPS) is 14.2. The van der Waals surface area contributed by atoms with Crippen LogP contribution in [0.15, 0.2) is 54.7 Å². The van der Waals surface area contributed by atoms with Crippen LogP contribution in [-0.4, -0.2) is 74.8 Å². The number of carbonyl (C=O) groups excluding carboxylic acids is 3. The van der Waals surface area contributed by atoms with Crippen LogP contribution < -0.4 is 21.7 Å². The highest BCUT2D eigenvalue weighted by Gasteiger charge is 2.31. The molecule has 0 radical (unpaired) electrons. The standard InChI is InChI=1S/C26H31N5O7/c1-14(32)23(31-24(36)19(27)10-15-6-8-17(33)9-7-15)26(38)30-21(25(37)29-13-22(34)35)11-16-12-28-20-5-3-2-4-18(16)20/h2-9,12,14,19,21,23,28,32-33H,10-11,13,27H2,1H3,(H,29,37)(H,30,38)(H,31,36)(H,34,35). The first-order valence-corrected chi connectivity index (χ1v) is 11.9. The molecule has 3 aromatic rings. The number of aromatic nitrogens is 1. The van der Waals surface area contributed by atoms with Crippen LogP contribution in [0.4, 0.5) is 0 Å². The van der Waals surface area contributed by atoms with Gasteiger partial charge in [-0.15, -0.1) is 0 Å². The van der Waals surface area contributed by atoms with E-state index in [-0.39, 0.29) is 18.6 Å². The lowest BCUT2D eigenvalue weighted by atomic mass is 10.0. The van der Waals surface area contributed by atoms with Crippen LogP contribution in [-0.2, 0) is 32.0 Å². The van der Waals surface area contributed by atoms with E-state index in [9.17, 15) is 29.4 Å². The summed E-state index contributed by atoms with van der Waals surface area (Å²) < 4.78 is 0. The van der Waals surface area contributed by atoms with Crippen molar-refractivity contribution in [1.29, 1.82) is 0 Å². The Labute approximate surface area is 218 Å². The number of phenols is 1. The van der Waals surface area contributed by atoms with Crippen LogP contribution in [0.2, 0.25) is 0 Å². The van der Waals surface area contributed by atoms with Gasteiger partial charge in [0.2, 0.25) is 17.7 Å². The van der Waals surface area contributed by atoms with Crippen molar-refractivity contribution in [2.24, 2.45) is 5.73 Å². The van der Waals surface area contributed by atoms with Gasteiger partial charge in [-0.2, -0.15) is 0 Å². The number of fused-ring (bicyclic) bond motifs is 1. The molecule has 0 aliphatic heterocycles. The van der Waals surface area contributed by atoms with Gasteiger partial charge in [-0.3, -0.25) is 19.2 Å². The molecule has 12 heteroatoms. The summed E-state index contributed by atoms with van der Waals surface area (Å²) in [6, 6.07) is 9.75. The number of aromatic amines is 1. The Bertz CT molecular complexity index is 1290. The van der Waals surface area contributed by atoms with Crippen molar-refractivity contribution < 1.29 is 34.5 Å². The van der Waals surface area contributed by atoms with Crippen molar-refractivity contribution in [3.63, 3.8) is 0 Å². The number of nitrogens with two attached hydrogens (primary N) is 1. The number of aromatic hydroxyl groups is 1. The first-order chi connectivity index (χ1) is 18.0. The van der Waals surface area contributed by atoms with Gasteiger partial charge in [0.05, 0.1) is 12.1 Å². The predicted octanol–water partition coefficient (Wildman–Crippen LogP) is -0.463. The van der Waals surface area contributed by atoms with E-state index in [0.717, 1.165) is 10.9 Å². The van der Waals surface area contributed by atoms with E-state index in [1.165, 1.54) is 19.1 Å². The molecule has 0 aliphatic rings. The number of aliphatic hydroxyl groups is 1. The molecule has 0 saturated carbocycles. The van der Waals surface area contributed by atoms with Crippen LogP contribution in [0.5, 0.6) is 5.75 Å². The number of para-hydroxylation sites is 1. The monoisotopic (exact) mass is 525 g/mol. The molecule has 2 aromatic carbocycles. The summed E-state index contributed by atoms with van der Waals surface area (Å²) in [5.74, 6) is -3.49. The lowest BCUT2D eigenvalue weighted by Crippen LogP contribution is -2.59. The largest absolute Gasteiger partial charge is 0.508 e. The summed E-state index contributed by atoms with van der Waals surface area (Å²) in [7, 11) is 0. The van der Waals surface area contributed by atoms with E-state index in [0.29, 0.717) is 11.1 Å². The third kappa shape index (κ3) is 7.54. The average molecular weight is 526 g/mol. The fourth-order valence-electron chi connectivity index (χ4n) is 3.92. The molecule has 0 saturated heterocycles. The summed E-state index contributed by atoms with van der Waals surface area (Å²) in [6.07, 6.45) is 0.476. The zero-order valence-corrected chi connectivity index (χ0v) is 20.7. The maximum absolute atomic E-state index is 13.1. The molecule has 1 aromatic heterocycles. The molecule has 4 unspecified atom stereocenters. The zero-order valence-electron chi connectivity index (χ0n) is 20.7. The molecule has 38 heavy (non-hydrogen) atoms. The maximum atomic E-state index is 13.1. The SMILES string of the molecule is CC(O)C(NC(=O)C(N)Cc1ccc(O)cc1)C(=O)NC(Cc1c[nH]c2ccccc12)C(=O)NCC(=O)O. The zero-order chi connectivity index (χ0) is 27.8. The Kier molecular flexibility index (Phi) is 9.41. The average Bonchev–Trinajstić information content (AvgIpc) is 3.29. The van der Waals surface area contributed by atoms with Gasteiger partial charge in [-0.05, 0) is 42.7 Å². The number of carboxylic acid groups (broad SMARTS) is 1. The van der Waals surface area contributed by atoms with Gasteiger partial charge in [0.25, 0.3) is 0 Å². The van der Waals surface area contributed by atoms with Crippen LogP contribution in [0.3, 0.4) is 0 Å². The highest BCUT2D eigenvalue weighted by atomic mass is 16.4. The van der Waals surface area contributed by atoms with Crippen molar-refractivity contribution in [3.8, 4) is 5.75 Å². The summed E-state index contributed by atoms with van der Waals surface area (Å²) in [5, 5.41) is 36.6. The lowest BCUT2D eigenvalue weighted by molar-refractivity contribution is -0.138. The van der Waals surface area contributed by atoms with E-state index >= 15 is 0 Å². The molecule has 0 fully saturated rings. The molecule has 202 valence electrons. The lowest BCUT2D eigenvalue weighted by Gasteiger charge is -2.25. The van der Waals surface area contributed by atoms with Gasteiger partial charge in [0, 0.05) is 23.5 Å². The molecule has 9 N–H and O–H groups in total. The first-order valence-electron chi connectivity index (χ1n) is 11.9. The Hall–Kier alpha value is -4.42. The second kappa shape index (κ2) is 12.7. The van der Waals surface area contributed by atoms with E-state index in [1.54, 1.807) is 18.3 Å². The van der Waals surface area contributed by atoms with Crippen LogP contribution in [0.1, 0.15) is 18.1 Å². The Morgan fingerprint density at radius 3 is 2.29 bits per heavy atom. The molecule has 0 bridgehead atoms. The molecular weight excluding hydrogens is 494 g/mol. The van der Waals surface area contributed by atoms with E-state index in [4.69, 9.17) is 10.8 Å². The topological polar surface area (TPSA) is 207 Å². The molecule has 0 aliphatic carbocycles. The first kappa shape index (κ1) is 28.2. The van der Waals surface area contributed by atoms with Gasteiger partial charge in [-0.1, -0.05) is 30.3 Å².